The molecule has 0 saturated carbocycles. The topological polar surface area (TPSA) is 87.1 Å². The van der Waals surface area contributed by atoms with E-state index in [2.05, 4.69) is 0 Å². The van der Waals surface area contributed by atoms with Crippen LogP contribution in [0.15, 0.2) is 72.3 Å². The molecule has 0 radical (unpaired) electrons. The van der Waals surface area contributed by atoms with Crippen LogP contribution in [0.3, 0.4) is 0 Å². The highest BCUT2D eigenvalue weighted by Gasteiger charge is 2.47. The minimum atomic E-state index is -0.981. The van der Waals surface area contributed by atoms with E-state index in [1.807, 2.05) is 13.8 Å². The molecular weight excluding hydrogens is 477 g/mol. The number of phenols is 1. The molecular formula is C26H21Cl2NO5. The zero-order valence-electron chi connectivity index (χ0n) is 18.3. The van der Waals surface area contributed by atoms with Gasteiger partial charge in [-0.2, -0.15) is 0 Å². The fraction of sp³-hybridized carbons (Fsp3) is 0.154. The summed E-state index contributed by atoms with van der Waals surface area (Å²) in [5, 5.41) is 21.6. The van der Waals surface area contributed by atoms with Crippen LogP contribution in [-0.4, -0.2) is 28.0 Å². The molecule has 4 rings (SSSR count). The monoisotopic (exact) mass is 497 g/mol. The first-order valence-electron chi connectivity index (χ1n) is 10.5. The number of Topliss-reactive ketones (excluding diaryl/α,β-unsaturated/α-hetero) is 1. The van der Waals surface area contributed by atoms with E-state index < -0.39 is 17.7 Å². The summed E-state index contributed by atoms with van der Waals surface area (Å²) >= 11 is 12.1. The van der Waals surface area contributed by atoms with Crippen LogP contribution in [0.4, 0.5) is 5.69 Å². The molecule has 6 nitrogen and oxygen atoms in total. The van der Waals surface area contributed by atoms with Gasteiger partial charge in [0, 0.05) is 16.3 Å². The number of carbonyl (C=O) groups is 2. The second-order valence-electron chi connectivity index (χ2n) is 8.05. The van der Waals surface area contributed by atoms with Gasteiger partial charge in [-0.3, -0.25) is 14.5 Å². The number of hydrogen-bond donors (Lipinski definition) is 2. The van der Waals surface area contributed by atoms with Crippen molar-refractivity contribution in [2.45, 2.75) is 26.0 Å². The molecule has 8 heteroatoms. The summed E-state index contributed by atoms with van der Waals surface area (Å²) in [5.74, 6) is -1.52. The standard InChI is InChI=1S/C26H21Cl2NO5/c1-14(2)34-19-10-3-15(4-11-19)24(31)22-23(16-5-12-21(30)20(28)13-16)29(26(33)25(22)32)18-8-6-17(27)7-9-18/h3-14,23,30-31H,1-2H3/b24-22-. The fourth-order valence-electron chi connectivity index (χ4n) is 3.83. The van der Waals surface area contributed by atoms with Gasteiger partial charge in [-0.25, -0.2) is 0 Å². The molecule has 174 valence electrons. The fourth-order valence-corrected chi connectivity index (χ4v) is 4.14. The minimum Gasteiger partial charge on any atom is -0.507 e. The van der Waals surface area contributed by atoms with Gasteiger partial charge in [0.25, 0.3) is 11.7 Å². The molecule has 1 unspecified atom stereocenters. The summed E-state index contributed by atoms with van der Waals surface area (Å²) in [6, 6.07) is 16.4. The maximum Gasteiger partial charge on any atom is 0.300 e. The number of anilines is 1. The Labute approximate surface area is 206 Å². The number of nitrogens with zero attached hydrogens (tertiary/aromatic N) is 1. The Kier molecular flexibility index (Phi) is 6.55. The van der Waals surface area contributed by atoms with Crippen molar-refractivity contribution in [1.29, 1.82) is 0 Å². The van der Waals surface area contributed by atoms with Crippen molar-refractivity contribution in [2.24, 2.45) is 0 Å². The normalized spacial score (nSPS) is 17.4. The molecule has 0 aromatic heterocycles. The van der Waals surface area contributed by atoms with Crippen molar-refractivity contribution < 1.29 is 24.5 Å². The quantitative estimate of drug-likeness (QED) is 0.252. The van der Waals surface area contributed by atoms with Gasteiger partial charge >= 0.3 is 0 Å². The average molecular weight is 498 g/mol. The number of ketones is 1. The number of ether oxygens (including phenoxy) is 1. The van der Waals surface area contributed by atoms with Crippen molar-refractivity contribution in [2.75, 3.05) is 4.90 Å². The number of halogens is 2. The molecule has 1 saturated heterocycles. The van der Waals surface area contributed by atoms with E-state index >= 15 is 0 Å². The number of phenolic OH excluding ortho intramolecular Hbond substituents is 1. The zero-order chi connectivity index (χ0) is 24.6. The first kappa shape index (κ1) is 23.7. The summed E-state index contributed by atoms with van der Waals surface area (Å²) in [7, 11) is 0. The predicted molar refractivity (Wildman–Crippen MR) is 132 cm³/mol. The molecule has 1 aliphatic heterocycles. The highest BCUT2D eigenvalue weighted by atomic mass is 35.5. The van der Waals surface area contributed by atoms with Crippen LogP contribution < -0.4 is 9.64 Å². The Morgan fingerprint density at radius 2 is 1.62 bits per heavy atom. The number of aliphatic hydroxyl groups excluding tert-OH is 1. The zero-order valence-corrected chi connectivity index (χ0v) is 19.8. The number of aliphatic hydroxyl groups is 1. The van der Waals surface area contributed by atoms with Crippen molar-refractivity contribution in [3.05, 3.63) is 93.5 Å². The maximum absolute atomic E-state index is 13.2. The number of amides is 1. The molecule has 3 aromatic carbocycles. The van der Waals surface area contributed by atoms with Gasteiger partial charge < -0.3 is 14.9 Å². The van der Waals surface area contributed by atoms with Crippen molar-refractivity contribution in [1.82, 2.24) is 0 Å². The summed E-state index contributed by atoms with van der Waals surface area (Å²) in [4.78, 5) is 27.6. The van der Waals surface area contributed by atoms with Gasteiger partial charge in [-0.15, -0.1) is 0 Å². The summed E-state index contributed by atoms with van der Waals surface area (Å²) in [5.41, 5.74) is 1.11. The first-order chi connectivity index (χ1) is 16.2. The van der Waals surface area contributed by atoms with E-state index in [9.17, 15) is 19.8 Å². The SMILES string of the molecule is CC(C)Oc1ccc(/C(O)=C2/C(=O)C(=O)N(c3ccc(Cl)cc3)C2c2ccc(O)c(Cl)c2)cc1. The number of aromatic hydroxyl groups is 1. The van der Waals surface area contributed by atoms with E-state index in [-0.39, 0.29) is 28.2 Å². The van der Waals surface area contributed by atoms with Crippen LogP contribution in [0.2, 0.25) is 10.0 Å². The molecule has 1 aliphatic rings. The molecule has 0 spiro atoms. The third kappa shape index (κ3) is 4.47. The molecule has 1 amide bonds. The summed E-state index contributed by atoms with van der Waals surface area (Å²) < 4.78 is 5.64. The maximum atomic E-state index is 13.2. The molecule has 34 heavy (non-hydrogen) atoms. The van der Waals surface area contributed by atoms with E-state index in [0.717, 1.165) is 0 Å². The van der Waals surface area contributed by atoms with E-state index in [1.165, 1.54) is 17.0 Å². The lowest BCUT2D eigenvalue weighted by atomic mass is 9.95. The largest absolute Gasteiger partial charge is 0.507 e. The average Bonchev–Trinajstić information content (AvgIpc) is 3.06. The van der Waals surface area contributed by atoms with Crippen LogP contribution in [-0.2, 0) is 9.59 Å². The van der Waals surface area contributed by atoms with Gasteiger partial charge in [-0.1, -0.05) is 29.3 Å². The van der Waals surface area contributed by atoms with Crippen molar-refractivity contribution in [3.8, 4) is 11.5 Å². The van der Waals surface area contributed by atoms with E-state index in [1.54, 1.807) is 54.6 Å². The van der Waals surface area contributed by atoms with Gasteiger partial charge in [0.15, 0.2) is 0 Å². The molecule has 1 heterocycles. The third-order valence-corrected chi connectivity index (χ3v) is 5.89. The van der Waals surface area contributed by atoms with E-state index in [0.29, 0.717) is 27.6 Å². The lowest BCUT2D eigenvalue weighted by Gasteiger charge is -2.25. The van der Waals surface area contributed by atoms with Gasteiger partial charge in [0.1, 0.15) is 17.3 Å². The number of carbonyl (C=O) groups excluding carboxylic acids is 2. The predicted octanol–water partition coefficient (Wildman–Crippen LogP) is 6.11. The highest BCUT2D eigenvalue weighted by molar-refractivity contribution is 6.51. The van der Waals surface area contributed by atoms with Crippen LogP contribution in [0.1, 0.15) is 31.0 Å². The Hall–Kier alpha value is -3.48. The van der Waals surface area contributed by atoms with Crippen molar-refractivity contribution in [3.63, 3.8) is 0 Å². The van der Waals surface area contributed by atoms with E-state index in [4.69, 9.17) is 27.9 Å². The number of rotatable bonds is 5. The smallest absolute Gasteiger partial charge is 0.300 e. The molecule has 0 aliphatic carbocycles. The molecule has 1 atom stereocenters. The summed E-state index contributed by atoms with van der Waals surface area (Å²) in [6.45, 7) is 3.80. The molecule has 2 N–H and O–H groups in total. The third-order valence-electron chi connectivity index (χ3n) is 5.34. The van der Waals surface area contributed by atoms with Crippen LogP contribution in [0.5, 0.6) is 11.5 Å². The Balaban J connectivity index is 1.88. The second kappa shape index (κ2) is 9.41. The second-order valence-corrected chi connectivity index (χ2v) is 8.89. The minimum absolute atomic E-state index is 0.0246. The molecule has 1 fully saturated rings. The molecule has 0 bridgehead atoms. The Morgan fingerprint density at radius 1 is 0.971 bits per heavy atom. The Bertz CT molecular complexity index is 1280. The van der Waals surface area contributed by atoms with Gasteiger partial charge in [-0.05, 0) is 80.1 Å². The molecule has 3 aromatic rings. The number of hydrogen-bond acceptors (Lipinski definition) is 5. The lowest BCUT2D eigenvalue weighted by Crippen LogP contribution is -2.29. The van der Waals surface area contributed by atoms with Crippen LogP contribution in [0.25, 0.3) is 5.76 Å². The summed E-state index contributed by atoms with van der Waals surface area (Å²) in [6.07, 6.45) is -0.0246. The Morgan fingerprint density at radius 3 is 2.21 bits per heavy atom. The van der Waals surface area contributed by atoms with Crippen LogP contribution in [0, 0.1) is 0 Å². The first-order valence-corrected chi connectivity index (χ1v) is 11.2. The lowest BCUT2D eigenvalue weighted by molar-refractivity contribution is -0.132. The van der Waals surface area contributed by atoms with Crippen molar-refractivity contribution >= 4 is 46.3 Å². The van der Waals surface area contributed by atoms with Crippen LogP contribution >= 0.6 is 23.2 Å². The van der Waals surface area contributed by atoms with Gasteiger partial charge in [0.2, 0.25) is 0 Å². The van der Waals surface area contributed by atoms with Gasteiger partial charge in [0.05, 0.1) is 22.7 Å². The number of benzene rings is 3. The highest BCUT2D eigenvalue weighted by Crippen LogP contribution is 2.43.